The van der Waals surface area contributed by atoms with Crippen LogP contribution in [-0.4, -0.2) is 29.5 Å². The van der Waals surface area contributed by atoms with Gasteiger partial charge in [0.25, 0.3) is 0 Å². The highest BCUT2D eigenvalue weighted by molar-refractivity contribution is 5.91. The highest BCUT2D eigenvalue weighted by Crippen LogP contribution is 2.29. The Morgan fingerprint density at radius 3 is 2.72 bits per heavy atom. The molecule has 0 atom stereocenters. The van der Waals surface area contributed by atoms with Crippen LogP contribution >= 0.6 is 0 Å². The summed E-state index contributed by atoms with van der Waals surface area (Å²) in [4.78, 5) is 16.8. The summed E-state index contributed by atoms with van der Waals surface area (Å²) >= 11 is 0. The monoisotopic (exact) mass is 339 g/mol. The molecule has 1 aromatic carbocycles. The molecule has 0 saturated carbocycles. The molecule has 0 spiro atoms. The third kappa shape index (κ3) is 3.57. The summed E-state index contributed by atoms with van der Waals surface area (Å²) in [5.41, 5.74) is 3.58. The van der Waals surface area contributed by atoms with E-state index in [2.05, 4.69) is 10.3 Å². The maximum atomic E-state index is 12.3. The summed E-state index contributed by atoms with van der Waals surface area (Å²) in [6.45, 7) is 1.97. The number of fused-ring (bicyclic) bond motifs is 1. The van der Waals surface area contributed by atoms with Crippen molar-refractivity contribution in [2.45, 2.75) is 19.8 Å². The lowest BCUT2D eigenvalue weighted by atomic mass is 10.2. The number of imidazole rings is 1. The second-order valence-corrected chi connectivity index (χ2v) is 5.69. The molecule has 1 amide bonds. The molecule has 0 bridgehead atoms. The molecule has 1 N–H and O–H groups in total. The Morgan fingerprint density at radius 1 is 1.16 bits per heavy atom. The maximum absolute atomic E-state index is 12.3. The Balaban J connectivity index is 1.68. The lowest BCUT2D eigenvalue weighted by molar-refractivity contribution is -0.116. The lowest BCUT2D eigenvalue weighted by Gasteiger charge is -2.10. The van der Waals surface area contributed by atoms with Gasteiger partial charge in [-0.05, 0) is 37.6 Å². The van der Waals surface area contributed by atoms with Crippen LogP contribution in [0.1, 0.15) is 17.8 Å². The zero-order valence-electron chi connectivity index (χ0n) is 14.6. The Hall–Kier alpha value is -3.02. The average Bonchev–Trinajstić information content (AvgIpc) is 2.95. The Morgan fingerprint density at radius 2 is 1.96 bits per heavy atom. The number of hydrogen-bond donors (Lipinski definition) is 1. The van der Waals surface area contributed by atoms with E-state index in [4.69, 9.17) is 9.47 Å². The fourth-order valence-corrected chi connectivity index (χ4v) is 2.83. The highest BCUT2D eigenvalue weighted by Gasteiger charge is 2.11. The van der Waals surface area contributed by atoms with Crippen LogP contribution in [0.2, 0.25) is 0 Å². The van der Waals surface area contributed by atoms with Gasteiger partial charge in [-0.3, -0.25) is 4.79 Å². The first-order valence-corrected chi connectivity index (χ1v) is 8.07. The molecular formula is C19H21N3O3. The van der Waals surface area contributed by atoms with E-state index in [-0.39, 0.29) is 5.91 Å². The number of pyridine rings is 1. The molecule has 3 rings (SSSR count). The third-order valence-corrected chi connectivity index (χ3v) is 4.09. The van der Waals surface area contributed by atoms with Crippen molar-refractivity contribution in [2.75, 3.05) is 19.5 Å². The highest BCUT2D eigenvalue weighted by atomic mass is 16.5. The summed E-state index contributed by atoms with van der Waals surface area (Å²) in [7, 11) is 3.14. The van der Waals surface area contributed by atoms with Crippen LogP contribution in [0.3, 0.4) is 0 Å². The van der Waals surface area contributed by atoms with Crippen molar-refractivity contribution >= 4 is 17.2 Å². The van der Waals surface area contributed by atoms with E-state index in [9.17, 15) is 4.79 Å². The first-order valence-electron chi connectivity index (χ1n) is 8.07. The molecule has 0 saturated heterocycles. The van der Waals surface area contributed by atoms with Gasteiger partial charge in [0.15, 0.2) is 11.5 Å². The molecular weight excluding hydrogens is 318 g/mol. The second-order valence-electron chi connectivity index (χ2n) is 5.69. The summed E-state index contributed by atoms with van der Waals surface area (Å²) < 4.78 is 12.5. The van der Waals surface area contributed by atoms with E-state index in [0.29, 0.717) is 30.0 Å². The Kier molecular flexibility index (Phi) is 4.88. The van der Waals surface area contributed by atoms with E-state index in [0.717, 1.165) is 17.0 Å². The molecule has 0 aliphatic rings. The van der Waals surface area contributed by atoms with Crippen LogP contribution in [0.25, 0.3) is 5.65 Å². The fraction of sp³-hybridized carbons (Fsp3) is 0.263. The topological polar surface area (TPSA) is 64.9 Å². The van der Waals surface area contributed by atoms with E-state index in [1.807, 2.05) is 35.7 Å². The molecule has 0 unspecified atom stereocenters. The van der Waals surface area contributed by atoms with Crippen molar-refractivity contribution in [2.24, 2.45) is 0 Å². The van der Waals surface area contributed by atoms with Crippen molar-refractivity contribution in [1.29, 1.82) is 0 Å². The van der Waals surface area contributed by atoms with Gasteiger partial charge in [0.05, 0.1) is 19.9 Å². The number of nitrogens with zero attached hydrogens (tertiary/aromatic N) is 2. The number of ether oxygens (including phenoxy) is 2. The summed E-state index contributed by atoms with van der Waals surface area (Å²) in [6.07, 6.45) is 2.96. The zero-order chi connectivity index (χ0) is 17.8. The van der Waals surface area contributed by atoms with E-state index >= 15 is 0 Å². The normalized spacial score (nSPS) is 10.7. The minimum Gasteiger partial charge on any atom is -0.493 e. The fourth-order valence-electron chi connectivity index (χ4n) is 2.83. The number of carbonyl (C=O) groups is 1. The average molecular weight is 339 g/mol. The minimum atomic E-state index is -0.0579. The quantitative estimate of drug-likeness (QED) is 0.749. The Bertz CT molecular complexity index is 902. The predicted molar refractivity (Wildman–Crippen MR) is 96.4 cm³/mol. The maximum Gasteiger partial charge on any atom is 0.224 e. The molecule has 2 heterocycles. The largest absolute Gasteiger partial charge is 0.493 e. The number of carbonyl (C=O) groups excluding carboxylic acids is 1. The molecule has 6 heteroatoms. The van der Waals surface area contributed by atoms with Gasteiger partial charge in [-0.15, -0.1) is 0 Å². The zero-order valence-corrected chi connectivity index (χ0v) is 14.6. The Labute approximate surface area is 146 Å². The molecule has 6 nitrogen and oxygen atoms in total. The number of benzene rings is 1. The standard InChI is InChI=1S/C19H21N3O3/c1-13-15(22-11-5-4-6-18(22)20-13)8-10-19(23)21-14-7-9-16(24-2)17(12-14)25-3/h4-7,9,11-12H,8,10H2,1-3H3,(H,21,23). The molecule has 2 aromatic heterocycles. The van der Waals surface area contributed by atoms with Crippen molar-refractivity contribution in [3.05, 3.63) is 54.0 Å². The van der Waals surface area contributed by atoms with Crippen molar-refractivity contribution in [3.63, 3.8) is 0 Å². The van der Waals surface area contributed by atoms with Crippen LogP contribution in [-0.2, 0) is 11.2 Å². The van der Waals surface area contributed by atoms with Crippen molar-refractivity contribution in [3.8, 4) is 11.5 Å². The molecule has 0 aliphatic heterocycles. The third-order valence-electron chi connectivity index (χ3n) is 4.09. The first-order chi connectivity index (χ1) is 12.1. The van der Waals surface area contributed by atoms with Gasteiger partial charge in [0, 0.05) is 30.1 Å². The molecule has 0 radical (unpaired) electrons. The number of anilines is 1. The van der Waals surface area contributed by atoms with Gasteiger partial charge in [-0.1, -0.05) is 6.07 Å². The summed E-state index contributed by atoms with van der Waals surface area (Å²) in [6, 6.07) is 11.2. The smallest absolute Gasteiger partial charge is 0.224 e. The number of amides is 1. The molecule has 3 aromatic rings. The van der Waals surface area contributed by atoms with Gasteiger partial charge in [0.2, 0.25) is 5.91 Å². The summed E-state index contributed by atoms with van der Waals surface area (Å²) in [5.74, 6) is 1.15. The molecule has 130 valence electrons. The van der Waals surface area contributed by atoms with Gasteiger partial charge in [-0.25, -0.2) is 4.98 Å². The number of methoxy groups -OCH3 is 2. The minimum absolute atomic E-state index is 0.0579. The van der Waals surface area contributed by atoms with E-state index in [1.54, 1.807) is 32.4 Å². The van der Waals surface area contributed by atoms with Gasteiger partial charge < -0.3 is 19.2 Å². The van der Waals surface area contributed by atoms with Crippen molar-refractivity contribution < 1.29 is 14.3 Å². The van der Waals surface area contributed by atoms with Gasteiger partial charge in [0.1, 0.15) is 5.65 Å². The van der Waals surface area contributed by atoms with Crippen LogP contribution < -0.4 is 14.8 Å². The van der Waals surface area contributed by atoms with E-state index in [1.165, 1.54) is 0 Å². The van der Waals surface area contributed by atoms with Crippen LogP contribution in [0.4, 0.5) is 5.69 Å². The van der Waals surface area contributed by atoms with Crippen molar-refractivity contribution in [1.82, 2.24) is 9.38 Å². The number of aromatic nitrogens is 2. The molecule has 0 fully saturated rings. The second kappa shape index (κ2) is 7.25. The number of rotatable bonds is 6. The number of hydrogen-bond acceptors (Lipinski definition) is 4. The van der Waals surface area contributed by atoms with Crippen LogP contribution in [0.5, 0.6) is 11.5 Å². The summed E-state index contributed by atoms with van der Waals surface area (Å²) in [5, 5.41) is 2.89. The van der Waals surface area contributed by atoms with E-state index < -0.39 is 0 Å². The van der Waals surface area contributed by atoms with Crippen LogP contribution in [0, 0.1) is 6.92 Å². The first kappa shape index (κ1) is 16.8. The predicted octanol–water partition coefficient (Wildman–Crippen LogP) is 3.23. The van der Waals surface area contributed by atoms with Gasteiger partial charge in [-0.2, -0.15) is 0 Å². The molecule has 25 heavy (non-hydrogen) atoms. The van der Waals surface area contributed by atoms with Gasteiger partial charge >= 0.3 is 0 Å². The number of aryl methyl sites for hydroxylation is 2. The lowest BCUT2D eigenvalue weighted by Crippen LogP contribution is -2.13. The number of nitrogens with one attached hydrogen (secondary N) is 1. The van der Waals surface area contributed by atoms with Crippen LogP contribution in [0.15, 0.2) is 42.6 Å². The molecule has 0 aliphatic carbocycles. The SMILES string of the molecule is COc1ccc(NC(=O)CCc2c(C)nc3ccccn23)cc1OC.